The van der Waals surface area contributed by atoms with Crippen LogP contribution >= 0.6 is 11.6 Å². The Balaban J connectivity index is 1.82. The Morgan fingerprint density at radius 3 is 2.73 bits per heavy atom. The molecule has 0 radical (unpaired) electrons. The van der Waals surface area contributed by atoms with E-state index in [0.29, 0.717) is 21.6 Å². The molecule has 0 bridgehead atoms. The van der Waals surface area contributed by atoms with Crippen LogP contribution in [-0.4, -0.2) is 24.7 Å². The predicted molar refractivity (Wildman–Crippen MR) is 112 cm³/mol. The van der Waals surface area contributed by atoms with Crippen molar-refractivity contribution in [1.82, 2.24) is 24.7 Å². The number of pyridine rings is 1. The van der Waals surface area contributed by atoms with Crippen LogP contribution in [0.4, 0.5) is 8.78 Å². The minimum Gasteiger partial charge on any atom is -0.323 e. The second kappa shape index (κ2) is 8.41. The van der Waals surface area contributed by atoms with Gasteiger partial charge in [0.25, 0.3) is 12.4 Å². The summed E-state index contributed by atoms with van der Waals surface area (Å²) in [4.78, 5) is 12.7. The first-order chi connectivity index (χ1) is 14.5. The lowest BCUT2D eigenvalue weighted by Crippen LogP contribution is -2.11. The summed E-state index contributed by atoms with van der Waals surface area (Å²) in [5.74, 6) is 0.0442. The third-order valence-electron chi connectivity index (χ3n) is 4.76. The fourth-order valence-electron chi connectivity index (χ4n) is 3.25. The molecule has 0 fully saturated rings. The van der Waals surface area contributed by atoms with E-state index in [4.69, 9.17) is 17.3 Å². The highest BCUT2D eigenvalue weighted by molar-refractivity contribution is 6.35. The van der Waals surface area contributed by atoms with Gasteiger partial charge in [-0.1, -0.05) is 31.0 Å². The van der Waals surface area contributed by atoms with Crippen LogP contribution < -0.4 is 5.73 Å². The summed E-state index contributed by atoms with van der Waals surface area (Å²) in [6.07, 6.45) is 1.93. The first-order valence-electron chi connectivity index (χ1n) is 9.49. The molecule has 4 rings (SSSR count). The number of hydrogen-bond acceptors (Lipinski definition) is 5. The van der Waals surface area contributed by atoms with E-state index >= 15 is 0 Å². The fourth-order valence-corrected chi connectivity index (χ4v) is 3.52. The fraction of sp³-hybridized carbons (Fsp3) is 0.238. The maximum atomic E-state index is 13.1. The van der Waals surface area contributed by atoms with E-state index < -0.39 is 6.43 Å². The number of rotatable bonds is 6. The minimum atomic E-state index is -2.70. The molecule has 30 heavy (non-hydrogen) atoms. The summed E-state index contributed by atoms with van der Waals surface area (Å²) >= 11 is 6.48. The zero-order chi connectivity index (χ0) is 21.3. The minimum absolute atomic E-state index is 0.0442. The van der Waals surface area contributed by atoms with Crippen LogP contribution in [0, 0.1) is 0 Å². The number of hydrogen-bond donors (Lipinski definition) is 1. The average molecular weight is 429 g/mol. The van der Waals surface area contributed by atoms with Gasteiger partial charge in [-0.2, -0.15) is 9.78 Å². The van der Waals surface area contributed by atoms with E-state index in [1.165, 1.54) is 16.9 Å². The molecule has 0 saturated heterocycles. The molecule has 0 saturated carbocycles. The summed E-state index contributed by atoms with van der Waals surface area (Å²) in [5, 5.41) is 5.37. The van der Waals surface area contributed by atoms with E-state index in [1.54, 1.807) is 12.3 Å². The summed E-state index contributed by atoms with van der Waals surface area (Å²) < 4.78 is 27.5. The molecule has 1 atom stereocenters. The van der Waals surface area contributed by atoms with Crippen molar-refractivity contribution >= 4 is 22.5 Å². The molecule has 0 aliphatic carbocycles. The van der Waals surface area contributed by atoms with Gasteiger partial charge in [-0.05, 0) is 36.8 Å². The SMILES string of the molecule is CCC[C@H](N)c1cccc(-c2cc(Cl)c3cnn(-c4nccc(C(F)F)n4)c3c2)n1. The lowest BCUT2D eigenvalue weighted by molar-refractivity contribution is 0.146. The molecule has 3 heterocycles. The van der Waals surface area contributed by atoms with Crippen molar-refractivity contribution in [2.75, 3.05) is 0 Å². The van der Waals surface area contributed by atoms with Crippen molar-refractivity contribution in [3.63, 3.8) is 0 Å². The summed E-state index contributed by atoms with van der Waals surface area (Å²) in [6, 6.07) is 10.3. The molecule has 154 valence electrons. The van der Waals surface area contributed by atoms with Crippen LogP contribution in [0.15, 0.2) is 48.8 Å². The number of fused-ring (bicyclic) bond motifs is 1. The lowest BCUT2D eigenvalue weighted by atomic mass is 10.1. The normalized spacial score (nSPS) is 12.6. The number of nitrogens with zero attached hydrogens (tertiary/aromatic N) is 5. The lowest BCUT2D eigenvalue weighted by Gasteiger charge is -2.12. The number of benzene rings is 1. The van der Waals surface area contributed by atoms with Gasteiger partial charge >= 0.3 is 0 Å². The van der Waals surface area contributed by atoms with Crippen molar-refractivity contribution in [3.05, 3.63) is 65.2 Å². The molecular weight excluding hydrogens is 410 g/mol. The topological polar surface area (TPSA) is 82.5 Å². The predicted octanol–water partition coefficient (Wildman–Crippen LogP) is 5.27. The molecule has 0 spiro atoms. The second-order valence-corrected chi connectivity index (χ2v) is 7.28. The molecule has 0 aliphatic heterocycles. The van der Waals surface area contributed by atoms with Gasteiger partial charge in [-0.25, -0.2) is 18.7 Å². The van der Waals surface area contributed by atoms with E-state index in [9.17, 15) is 8.78 Å². The third kappa shape index (κ3) is 3.88. The Hall–Kier alpha value is -2.97. The van der Waals surface area contributed by atoms with E-state index in [0.717, 1.165) is 24.1 Å². The van der Waals surface area contributed by atoms with Crippen LogP contribution in [0.3, 0.4) is 0 Å². The maximum Gasteiger partial charge on any atom is 0.280 e. The first kappa shape index (κ1) is 20.3. The van der Waals surface area contributed by atoms with Gasteiger partial charge in [-0.15, -0.1) is 0 Å². The van der Waals surface area contributed by atoms with Gasteiger partial charge in [0, 0.05) is 23.2 Å². The summed E-state index contributed by atoms with van der Waals surface area (Å²) in [5.41, 5.74) is 8.70. The van der Waals surface area contributed by atoms with Crippen molar-refractivity contribution < 1.29 is 8.78 Å². The summed E-state index contributed by atoms with van der Waals surface area (Å²) in [6.45, 7) is 2.07. The Kier molecular flexibility index (Phi) is 5.69. The quantitative estimate of drug-likeness (QED) is 0.452. The Labute approximate surface area is 176 Å². The molecule has 3 aromatic heterocycles. The Morgan fingerprint density at radius 2 is 1.97 bits per heavy atom. The highest BCUT2D eigenvalue weighted by atomic mass is 35.5. The van der Waals surface area contributed by atoms with Crippen LogP contribution in [0.25, 0.3) is 28.1 Å². The molecule has 6 nitrogen and oxygen atoms in total. The molecule has 0 amide bonds. The third-order valence-corrected chi connectivity index (χ3v) is 5.07. The monoisotopic (exact) mass is 428 g/mol. The molecule has 9 heteroatoms. The smallest absolute Gasteiger partial charge is 0.280 e. The molecule has 2 N–H and O–H groups in total. The van der Waals surface area contributed by atoms with E-state index in [1.807, 2.05) is 24.3 Å². The van der Waals surface area contributed by atoms with Crippen molar-refractivity contribution in [2.24, 2.45) is 5.73 Å². The maximum absolute atomic E-state index is 13.1. The highest BCUT2D eigenvalue weighted by Crippen LogP contribution is 2.31. The van der Waals surface area contributed by atoms with E-state index in [2.05, 4.69) is 27.0 Å². The molecule has 0 unspecified atom stereocenters. The van der Waals surface area contributed by atoms with E-state index in [-0.39, 0.29) is 17.7 Å². The second-order valence-electron chi connectivity index (χ2n) is 6.87. The van der Waals surface area contributed by atoms with Gasteiger partial charge in [0.05, 0.1) is 28.1 Å². The van der Waals surface area contributed by atoms with Crippen LogP contribution in [0.2, 0.25) is 5.02 Å². The van der Waals surface area contributed by atoms with Crippen LogP contribution in [0.1, 0.15) is 43.6 Å². The van der Waals surface area contributed by atoms with Crippen molar-refractivity contribution in [2.45, 2.75) is 32.2 Å². The number of aromatic nitrogens is 5. The molecule has 4 aromatic rings. The first-order valence-corrected chi connectivity index (χ1v) is 9.87. The molecular formula is C21H19ClF2N6. The van der Waals surface area contributed by atoms with Gasteiger partial charge in [-0.3, -0.25) is 4.98 Å². The van der Waals surface area contributed by atoms with Gasteiger partial charge in [0.1, 0.15) is 5.69 Å². The van der Waals surface area contributed by atoms with Gasteiger partial charge < -0.3 is 5.73 Å². The van der Waals surface area contributed by atoms with Gasteiger partial charge in [0.15, 0.2) is 0 Å². The molecule has 0 aliphatic rings. The number of alkyl halides is 2. The average Bonchev–Trinajstić information content (AvgIpc) is 3.19. The zero-order valence-electron chi connectivity index (χ0n) is 16.1. The van der Waals surface area contributed by atoms with Crippen LogP contribution in [-0.2, 0) is 0 Å². The highest BCUT2D eigenvalue weighted by Gasteiger charge is 2.16. The van der Waals surface area contributed by atoms with Crippen molar-refractivity contribution in [1.29, 1.82) is 0 Å². The number of nitrogens with two attached hydrogens (primary N) is 1. The zero-order valence-corrected chi connectivity index (χ0v) is 16.9. The standard InChI is InChI=1S/C21H19ClF2N6/c1-2-4-15(25)17-6-3-5-16(28-17)12-9-14(22)13-11-27-30(19(13)10-12)21-26-8-7-18(29-21)20(23)24/h3,5-11,15,20H,2,4,25H2,1H3/t15-/m0/s1. The number of halogens is 3. The largest absolute Gasteiger partial charge is 0.323 e. The Morgan fingerprint density at radius 1 is 1.13 bits per heavy atom. The van der Waals surface area contributed by atoms with Crippen molar-refractivity contribution in [3.8, 4) is 17.2 Å². The Bertz CT molecular complexity index is 1190. The molecule has 1 aromatic carbocycles. The summed E-state index contributed by atoms with van der Waals surface area (Å²) in [7, 11) is 0. The van der Waals surface area contributed by atoms with Gasteiger partial charge in [0.2, 0.25) is 0 Å². The van der Waals surface area contributed by atoms with Crippen LogP contribution in [0.5, 0.6) is 0 Å².